The van der Waals surface area contributed by atoms with Gasteiger partial charge in [-0.15, -0.1) is 0 Å². The first-order valence-electron chi connectivity index (χ1n) is 4.56. The van der Waals surface area contributed by atoms with Gasteiger partial charge in [0.1, 0.15) is 0 Å². The molecule has 4 N–H and O–H groups in total. The van der Waals surface area contributed by atoms with Gasteiger partial charge in [-0.3, -0.25) is 4.99 Å². The third-order valence-electron chi connectivity index (χ3n) is 2.91. The number of hydrogen-bond donors (Lipinski definition) is 2. The quantitative estimate of drug-likeness (QED) is 0.580. The maximum atomic E-state index is 6.22. The van der Waals surface area contributed by atoms with E-state index in [9.17, 15) is 0 Å². The van der Waals surface area contributed by atoms with Gasteiger partial charge in [-0.2, -0.15) is 0 Å². The minimum atomic E-state index is -0.460. The van der Waals surface area contributed by atoms with Gasteiger partial charge < -0.3 is 16.2 Å². The summed E-state index contributed by atoms with van der Waals surface area (Å²) in [5, 5.41) is 0. The summed E-state index contributed by atoms with van der Waals surface area (Å²) in [6, 6.07) is -0.191. The van der Waals surface area contributed by atoms with Crippen molar-refractivity contribution in [1.82, 2.24) is 0 Å². The summed E-state index contributed by atoms with van der Waals surface area (Å²) in [4.78, 5) is 3.97. The van der Waals surface area contributed by atoms with Crippen LogP contribution in [0.1, 0.15) is 6.42 Å². The Balaban J connectivity index is 2.18. The third-order valence-corrected chi connectivity index (χ3v) is 2.91. The van der Waals surface area contributed by atoms with Crippen LogP contribution in [0.25, 0.3) is 0 Å². The molecule has 1 fully saturated rings. The first kappa shape index (κ1) is 8.87. The second-order valence-electron chi connectivity index (χ2n) is 3.70. The molecule has 13 heavy (non-hydrogen) atoms. The van der Waals surface area contributed by atoms with Crippen molar-refractivity contribution in [2.24, 2.45) is 22.4 Å². The van der Waals surface area contributed by atoms with Gasteiger partial charge in [0.05, 0.1) is 18.2 Å². The van der Waals surface area contributed by atoms with Gasteiger partial charge >= 0.3 is 0 Å². The summed E-state index contributed by atoms with van der Waals surface area (Å²) < 4.78 is 5.31. The van der Waals surface area contributed by atoms with Gasteiger partial charge in [0.25, 0.3) is 0 Å². The van der Waals surface area contributed by atoms with E-state index < -0.39 is 5.54 Å². The highest BCUT2D eigenvalue weighted by molar-refractivity contribution is 5.69. The number of nitrogens with two attached hydrogens (primary N) is 2. The van der Waals surface area contributed by atoms with E-state index >= 15 is 0 Å². The van der Waals surface area contributed by atoms with Crippen LogP contribution in [0, 0.1) is 5.92 Å². The second-order valence-corrected chi connectivity index (χ2v) is 3.70. The Bertz CT molecular complexity index is 245. The van der Waals surface area contributed by atoms with E-state index in [-0.39, 0.29) is 6.04 Å². The van der Waals surface area contributed by atoms with Crippen molar-refractivity contribution in [1.29, 1.82) is 0 Å². The number of rotatable bonds is 1. The summed E-state index contributed by atoms with van der Waals surface area (Å²) in [7, 11) is 0. The highest BCUT2D eigenvalue weighted by Gasteiger charge is 2.40. The number of aliphatic imine (C=N–C) groups is 1. The maximum absolute atomic E-state index is 6.22. The smallest absolute Gasteiger partial charge is 0.0623 e. The van der Waals surface area contributed by atoms with Gasteiger partial charge in [-0.05, 0) is 12.5 Å². The van der Waals surface area contributed by atoms with Gasteiger partial charge in [-0.25, -0.2) is 0 Å². The van der Waals surface area contributed by atoms with Gasteiger partial charge in [0.15, 0.2) is 0 Å². The molecule has 4 heteroatoms. The van der Waals surface area contributed by atoms with Crippen molar-refractivity contribution in [3.63, 3.8) is 0 Å². The van der Waals surface area contributed by atoms with Gasteiger partial charge in [0.2, 0.25) is 0 Å². The third kappa shape index (κ3) is 1.41. The molecule has 0 spiro atoms. The van der Waals surface area contributed by atoms with Crippen LogP contribution in [0.4, 0.5) is 0 Å². The van der Waals surface area contributed by atoms with Crippen molar-refractivity contribution in [3.8, 4) is 0 Å². The lowest BCUT2D eigenvalue weighted by Crippen LogP contribution is -2.60. The standard InChI is InChI=1S/C9H15N3O/c10-8-5-12-3-2-9(8,11)7-1-4-13-6-7/h2-3,5,7-8H,1,4,6,10-11H2. The lowest BCUT2D eigenvalue weighted by molar-refractivity contribution is 0.170. The highest BCUT2D eigenvalue weighted by Crippen LogP contribution is 2.28. The molecule has 0 aromatic carbocycles. The summed E-state index contributed by atoms with van der Waals surface area (Å²) in [5.74, 6) is 0.325. The highest BCUT2D eigenvalue weighted by atomic mass is 16.5. The Kier molecular flexibility index (Phi) is 2.19. The van der Waals surface area contributed by atoms with Crippen molar-refractivity contribution in [2.45, 2.75) is 18.0 Å². The maximum Gasteiger partial charge on any atom is 0.0623 e. The van der Waals surface area contributed by atoms with E-state index in [1.165, 1.54) is 0 Å². The molecule has 72 valence electrons. The summed E-state index contributed by atoms with van der Waals surface area (Å²) in [5.41, 5.74) is 11.7. The van der Waals surface area contributed by atoms with E-state index in [2.05, 4.69) is 4.99 Å². The van der Waals surface area contributed by atoms with Crippen LogP contribution in [-0.2, 0) is 4.74 Å². The molecule has 0 radical (unpaired) electrons. The Morgan fingerprint density at radius 2 is 2.38 bits per heavy atom. The Labute approximate surface area is 77.6 Å². The topological polar surface area (TPSA) is 73.6 Å². The molecule has 0 aromatic heterocycles. The van der Waals surface area contributed by atoms with Crippen LogP contribution in [-0.4, -0.2) is 31.0 Å². The Morgan fingerprint density at radius 1 is 1.54 bits per heavy atom. The molecule has 0 aliphatic carbocycles. The summed E-state index contributed by atoms with van der Waals surface area (Å²) in [6.07, 6.45) is 6.32. The predicted molar refractivity (Wildman–Crippen MR) is 51.5 cm³/mol. The van der Waals surface area contributed by atoms with Crippen LogP contribution in [0.15, 0.2) is 17.3 Å². The molecule has 0 bridgehead atoms. The zero-order valence-electron chi connectivity index (χ0n) is 7.52. The fourth-order valence-corrected chi connectivity index (χ4v) is 1.89. The first-order chi connectivity index (χ1) is 6.23. The van der Waals surface area contributed by atoms with Crippen LogP contribution in [0.2, 0.25) is 0 Å². The molecule has 1 saturated heterocycles. The summed E-state index contributed by atoms with van der Waals surface area (Å²) in [6.45, 7) is 1.50. The van der Waals surface area contributed by atoms with Crippen LogP contribution in [0.3, 0.4) is 0 Å². The van der Waals surface area contributed by atoms with E-state index in [4.69, 9.17) is 16.2 Å². The lowest BCUT2D eigenvalue weighted by Gasteiger charge is -2.36. The molecule has 2 aliphatic heterocycles. The molecule has 0 aromatic rings. The Hall–Kier alpha value is -0.710. The second kappa shape index (κ2) is 3.21. The van der Waals surface area contributed by atoms with E-state index in [1.807, 2.05) is 6.08 Å². The first-order valence-corrected chi connectivity index (χ1v) is 4.56. The normalized spacial score (nSPS) is 44.2. The number of nitrogens with zero attached hydrogens (tertiary/aromatic N) is 1. The fourth-order valence-electron chi connectivity index (χ4n) is 1.89. The molecule has 2 aliphatic rings. The van der Waals surface area contributed by atoms with Crippen molar-refractivity contribution < 1.29 is 4.74 Å². The average molecular weight is 181 g/mol. The molecule has 2 heterocycles. The number of ether oxygens (including phenoxy) is 1. The molecular formula is C9H15N3O. The van der Waals surface area contributed by atoms with Crippen LogP contribution >= 0.6 is 0 Å². The SMILES string of the molecule is NC1C=NC=CC1(N)C1CCOC1. The van der Waals surface area contributed by atoms with E-state index in [1.54, 1.807) is 12.4 Å². The minimum Gasteiger partial charge on any atom is -0.381 e. The minimum absolute atomic E-state index is 0.191. The molecule has 2 rings (SSSR count). The van der Waals surface area contributed by atoms with Gasteiger partial charge in [0, 0.05) is 24.9 Å². The molecule has 3 unspecified atom stereocenters. The molecule has 3 atom stereocenters. The fraction of sp³-hybridized carbons (Fsp3) is 0.667. The van der Waals surface area contributed by atoms with Gasteiger partial charge in [-0.1, -0.05) is 0 Å². The predicted octanol–water partition coefficient (Wildman–Crippen LogP) is -0.354. The monoisotopic (exact) mass is 181 g/mol. The Morgan fingerprint density at radius 3 is 3.00 bits per heavy atom. The van der Waals surface area contributed by atoms with Crippen molar-refractivity contribution >= 4 is 6.21 Å². The average Bonchev–Trinajstić information content (AvgIpc) is 2.63. The summed E-state index contributed by atoms with van der Waals surface area (Å²) >= 11 is 0. The molecule has 0 saturated carbocycles. The largest absolute Gasteiger partial charge is 0.381 e. The van der Waals surface area contributed by atoms with Crippen LogP contribution < -0.4 is 11.5 Å². The number of hydrogen-bond acceptors (Lipinski definition) is 4. The molecule has 4 nitrogen and oxygen atoms in total. The van der Waals surface area contributed by atoms with E-state index in [0.29, 0.717) is 12.5 Å². The van der Waals surface area contributed by atoms with E-state index in [0.717, 1.165) is 13.0 Å². The van der Waals surface area contributed by atoms with Crippen molar-refractivity contribution in [3.05, 3.63) is 12.3 Å². The zero-order valence-corrected chi connectivity index (χ0v) is 7.52. The van der Waals surface area contributed by atoms with Crippen molar-refractivity contribution in [2.75, 3.05) is 13.2 Å². The molecular weight excluding hydrogens is 166 g/mol. The van der Waals surface area contributed by atoms with Crippen LogP contribution in [0.5, 0.6) is 0 Å². The molecule has 0 amide bonds. The lowest BCUT2D eigenvalue weighted by atomic mass is 9.78. The zero-order chi connectivity index (χ0) is 9.31.